The number of nitrogens with zero attached hydrogens (tertiary/aromatic N) is 2. The molecule has 7 nitrogen and oxygen atoms in total. The summed E-state index contributed by atoms with van der Waals surface area (Å²) in [5.41, 5.74) is 2.26. The van der Waals surface area contributed by atoms with Gasteiger partial charge in [0, 0.05) is 36.8 Å². The van der Waals surface area contributed by atoms with Crippen molar-refractivity contribution < 1.29 is 18.0 Å². The Labute approximate surface area is 181 Å². The standard InChI is InChI=1S/C21H24ClN3O4S/c1-30(28,29)24(14-17-7-2-3-9-19(17)22)15-20(26)23-13-16-6-4-8-18(12-16)25-11-5-10-21(25)27/h2-4,6-9,12H,5,10-11,13-15H2,1H3,(H,23,26). The molecule has 0 unspecified atom stereocenters. The van der Waals surface area contributed by atoms with E-state index in [-0.39, 0.29) is 25.5 Å². The van der Waals surface area contributed by atoms with Crippen molar-refractivity contribution in [2.45, 2.75) is 25.9 Å². The molecule has 1 aliphatic heterocycles. The van der Waals surface area contributed by atoms with Gasteiger partial charge < -0.3 is 10.2 Å². The van der Waals surface area contributed by atoms with E-state index in [2.05, 4.69) is 5.32 Å². The highest BCUT2D eigenvalue weighted by Crippen LogP contribution is 2.22. The molecule has 0 radical (unpaired) electrons. The molecule has 0 aliphatic carbocycles. The minimum absolute atomic E-state index is 0.0124. The van der Waals surface area contributed by atoms with Gasteiger partial charge in [0.05, 0.1) is 12.8 Å². The second-order valence-corrected chi connectivity index (χ2v) is 9.61. The van der Waals surface area contributed by atoms with E-state index in [4.69, 9.17) is 11.6 Å². The summed E-state index contributed by atoms with van der Waals surface area (Å²) in [5, 5.41) is 3.19. The van der Waals surface area contributed by atoms with Crippen LogP contribution in [-0.4, -0.2) is 43.9 Å². The number of carbonyl (C=O) groups excluding carboxylic acids is 2. The maximum Gasteiger partial charge on any atom is 0.235 e. The lowest BCUT2D eigenvalue weighted by Gasteiger charge is -2.20. The van der Waals surface area contributed by atoms with Gasteiger partial charge in [-0.2, -0.15) is 4.31 Å². The van der Waals surface area contributed by atoms with Crippen molar-refractivity contribution >= 4 is 39.1 Å². The van der Waals surface area contributed by atoms with Crippen LogP contribution in [0.15, 0.2) is 48.5 Å². The zero-order valence-corrected chi connectivity index (χ0v) is 18.2. The Bertz CT molecular complexity index is 1040. The number of nitrogens with one attached hydrogen (secondary N) is 1. The molecule has 1 heterocycles. The number of benzene rings is 2. The number of rotatable bonds is 8. The normalized spacial score (nSPS) is 14.4. The molecule has 3 rings (SSSR count). The summed E-state index contributed by atoms with van der Waals surface area (Å²) < 4.78 is 25.4. The number of sulfonamides is 1. The van der Waals surface area contributed by atoms with Crippen molar-refractivity contribution in [1.82, 2.24) is 9.62 Å². The van der Waals surface area contributed by atoms with Crippen LogP contribution in [0, 0.1) is 0 Å². The van der Waals surface area contributed by atoms with E-state index in [9.17, 15) is 18.0 Å². The minimum atomic E-state index is -3.61. The molecular weight excluding hydrogens is 426 g/mol. The van der Waals surface area contributed by atoms with Crippen LogP contribution in [-0.2, 0) is 32.7 Å². The van der Waals surface area contributed by atoms with Crippen LogP contribution >= 0.6 is 11.6 Å². The van der Waals surface area contributed by atoms with E-state index in [1.54, 1.807) is 29.2 Å². The third kappa shape index (κ3) is 5.81. The second kappa shape index (κ2) is 9.59. The third-order valence-corrected chi connectivity index (χ3v) is 6.44. The lowest BCUT2D eigenvalue weighted by molar-refractivity contribution is -0.121. The van der Waals surface area contributed by atoms with Crippen LogP contribution in [0.1, 0.15) is 24.0 Å². The Morgan fingerprint density at radius 3 is 2.63 bits per heavy atom. The summed E-state index contributed by atoms with van der Waals surface area (Å²) in [6.45, 7) is 0.630. The van der Waals surface area contributed by atoms with Crippen LogP contribution in [0.3, 0.4) is 0 Å². The highest BCUT2D eigenvalue weighted by Gasteiger charge is 2.23. The minimum Gasteiger partial charge on any atom is -0.351 e. The van der Waals surface area contributed by atoms with Gasteiger partial charge in [0.1, 0.15) is 0 Å². The Morgan fingerprint density at radius 2 is 1.97 bits per heavy atom. The fourth-order valence-electron chi connectivity index (χ4n) is 3.28. The van der Waals surface area contributed by atoms with E-state index in [0.717, 1.165) is 28.2 Å². The Kier molecular flexibility index (Phi) is 7.12. The molecule has 1 fully saturated rings. The molecule has 160 valence electrons. The molecule has 0 bridgehead atoms. The van der Waals surface area contributed by atoms with Gasteiger partial charge in [-0.3, -0.25) is 9.59 Å². The van der Waals surface area contributed by atoms with Crippen molar-refractivity contribution in [1.29, 1.82) is 0 Å². The van der Waals surface area contributed by atoms with E-state index in [0.29, 0.717) is 23.6 Å². The monoisotopic (exact) mass is 449 g/mol. The van der Waals surface area contributed by atoms with Gasteiger partial charge in [-0.15, -0.1) is 0 Å². The molecule has 2 amide bonds. The number of carbonyl (C=O) groups is 2. The zero-order valence-electron chi connectivity index (χ0n) is 16.7. The topological polar surface area (TPSA) is 86.8 Å². The van der Waals surface area contributed by atoms with Crippen molar-refractivity contribution in [3.05, 3.63) is 64.7 Å². The smallest absolute Gasteiger partial charge is 0.235 e. The maximum atomic E-state index is 12.4. The van der Waals surface area contributed by atoms with Gasteiger partial charge in [0.15, 0.2) is 0 Å². The predicted molar refractivity (Wildman–Crippen MR) is 117 cm³/mol. The fraction of sp³-hybridized carbons (Fsp3) is 0.333. The van der Waals surface area contributed by atoms with Crippen molar-refractivity contribution in [2.24, 2.45) is 0 Å². The van der Waals surface area contributed by atoms with Crippen LogP contribution in [0.4, 0.5) is 5.69 Å². The highest BCUT2D eigenvalue weighted by atomic mass is 35.5. The number of hydrogen-bond acceptors (Lipinski definition) is 4. The zero-order chi connectivity index (χ0) is 21.7. The number of hydrogen-bond donors (Lipinski definition) is 1. The second-order valence-electron chi connectivity index (χ2n) is 7.22. The fourth-order valence-corrected chi connectivity index (χ4v) is 4.20. The first kappa shape index (κ1) is 22.3. The summed E-state index contributed by atoms with van der Waals surface area (Å²) in [6.07, 6.45) is 2.45. The number of halogens is 1. The molecule has 30 heavy (non-hydrogen) atoms. The molecule has 0 spiro atoms. The summed E-state index contributed by atoms with van der Waals surface area (Å²) in [4.78, 5) is 26.1. The quantitative estimate of drug-likeness (QED) is 0.671. The van der Waals surface area contributed by atoms with Gasteiger partial charge in [0.25, 0.3) is 0 Å². The van der Waals surface area contributed by atoms with Crippen LogP contribution in [0.25, 0.3) is 0 Å². The average Bonchev–Trinajstić information content (AvgIpc) is 3.13. The maximum absolute atomic E-state index is 12.4. The van der Waals surface area contributed by atoms with E-state index >= 15 is 0 Å². The molecule has 1 aliphatic rings. The Morgan fingerprint density at radius 1 is 1.20 bits per heavy atom. The third-order valence-electron chi connectivity index (χ3n) is 4.88. The lowest BCUT2D eigenvalue weighted by atomic mass is 10.2. The van der Waals surface area contributed by atoms with Crippen LogP contribution in [0.5, 0.6) is 0 Å². The van der Waals surface area contributed by atoms with Gasteiger partial charge in [-0.25, -0.2) is 8.42 Å². The molecule has 9 heteroatoms. The van der Waals surface area contributed by atoms with Crippen LogP contribution in [0.2, 0.25) is 5.02 Å². The summed E-state index contributed by atoms with van der Waals surface area (Å²) in [7, 11) is -3.61. The van der Waals surface area contributed by atoms with Gasteiger partial charge >= 0.3 is 0 Å². The summed E-state index contributed by atoms with van der Waals surface area (Å²) in [6, 6.07) is 14.3. The molecule has 2 aromatic rings. The molecule has 1 N–H and O–H groups in total. The van der Waals surface area contributed by atoms with E-state index in [1.165, 1.54) is 0 Å². The van der Waals surface area contributed by atoms with Crippen LogP contribution < -0.4 is 10.2 Å². The Balaban J connectivity index is 1.62. The van der Waals surface area contributed by atoms with E-state index in [1.807, 2.05) is 24.3 Å². The lowest BCUT2D eigenvalue weighted by Crippen LogP contribution is -2.39. The summed E-state index contributed by atoms with van der Waals surface area (Å²) in [5.74, 6) is -0.324. The molecule has 1 saturated heterocycles. The first-order valence-electron chi connectivity index (χ1n) is 9.58. The first-order valence-corrected chi connectivity index (χ1v) is 11.8. The highest BCUT2D eigenvalue weighted by molar-refractivity contribution is 7.88. The average molecular weight is 450 g/mol. The number of amides is 2. The van der Waals surface area contributed by atoms with Crippen molar-refractivity contribution in [2.75, 3.05) is 24.2 Å². The predicted octanol–water partition coefficient (Wildman–Crippen LogP) is 2.54. The van der Waals surface area contributed by atoms with Crippen molar-refractivity contribution in [3.8, 4) is 0 Å². The molecule has 0 atom stereocenters. The first-order chi connectivity index (χ1) is 14.2. The Hall–Kier alpha value is -2.42. The van der Waals surface area contributed by atoms with Gasteiger partial charge in [0.2, 0.25) is 21.8 Å². The largest absolute Gasteiger partial charge is 0.351 e. The summed E-state index contributed by atoms with van der Waals surface area (Å²) >= 11 is 6.13. The molecule has 0 aromatic heterocycles. The van der Waals surface area contributed by atoms with E-state index < -0.39 is 15.9 Å². The molecular formula is C21H24ClN3O4S. The van der Waals surface area contributed by atoms with Gasteiger partial charge in [-0.1, -0.05) is 41.9 Å². The van der Waals surface area contributed by atoms with Crippen molar-refractivity contribution in [3.63, 3.8) is 0 Å². The SMILES string of the molecule is CS(=O)(=O)N(CC(=O)NCc1cccc(N2CCCC2=O)c1)Cc1ccccc1Cl. The molecule has 0 saturated carbocycles. The van der Waals surface area contributed by atoms with Gasteiger partial charge in [-0.05, 0) is 35.7 Å². The number of anilines is 1. The molecule has 2 aromatic carbocycles.